The number of hydrogen-bond acceptors (Lipinski definition) is 7. The number of anilines is 2. The number of ether oxygens (including phenoxy) is 1. The van der Waals surface area contributed by atoms with Crippen molar-refractivity contribution in [2.75, 3.05) is 30.9 Å². The van der Waals surface area contributed by atoms with Gasteiger partial charge in [0.1, 0.15) is 23.6 Å². The molecule has 0 spiro atoms. The van der Waals surface area contributed by atoms with Gasteiger partial charge in [-0.1, -0.05) is 36.9 Å². The van der Waals surface area contributed by atoms with Crippen molar-refractivity contribution in [3.05, 3.63) is 84.7 Å². The number of carbonyl (C=O) groups excluding carboxylic acids is 1. The van der Waals surface area contributed by atoms with Crippen molar-refractivity contribution in [1.82, 2.24) is 20.3 Å². The highest BCUT2D eigenvalue weighted by Gasteiger charge is 2.33. The van der Waals surface area contributed by atoms with E-state index in [1.807, 2.05) is 59.6 Å². The minimum Gasteiger partial charge on any atom is -0.457 e. The molecule has 3 aromatic rings. The Hall–Kier alpha value is -3.91. The summed E-state index contributed by atoms with van der Waals surface area (Å²) in [5.41, 5.74) is 11.5. The maximum absolute atomic E-state index is 11.8. The Labute approximate surface area is 180 Å². The van der Waals surface area contributed by atoms with Gasteiger partial charge < -0.3 is 15.4 Å². The first-order valence-electron chi connectivity index (χ1n) is 9.91. The van der Waals surface area contributed by atoms with Gasteiger partial charge in [0.05, 0.1) is 18.2 Å². The fraction of sp³-hybridized carbons (Fsp3) is 0.174. The molecule has 0 aliphatic carbocycles. The molecule has 1 amide bonds. The Morgan fingerprint density at radius 3 is 2.61 bits per heavy atom. The Bertz CT molecular complexity index is 1070. The lowest BCUT2D eigenvalue weighted by atomic mass is 10.0. The van der Waals surface area contributed by atoms with Crippen molar-refractivity contribution >= 4 is 17.5 Å². The van der Waals surface area contributed by atoms with Crippen LogP contribution >= 0.6 is 0 Å². The zero-order valence-corrected chi connectivity index (χ0v) is 17.2. The second-order valence-electron chi connectivity index (χ2n) is 7.16. The first-order chi connectivity index (χ1) is 15.1. The molecule has 3 N–H and O–H groups in total. The quantitative estimate of drug-likeness (QED) is 0.572. The molecule has 2 heterocycles. The molecule has 8 nitrogen and oxygen atoms in total. The molecule has 0 saturated carbocycles. The molecule has 4 rings (SSSR count). The summed E-state index contributed by atoms with van der Waals surface area (Å²) in [5, 5.41) is 1.90. The minimum absolute atomic E-state index is 0.132. The predicted molar refractivity (Wildman–Crippen MR) is 120 cm³/mol. The summed E-state index contributed by atoms with van der Waals surface area (Å²) in [6, 6.07) is 17.2. The number of nitrogen functional groups attached to an aromatic ring is 1. The first kappa shape index (κ1) is 20.4. The largest absolute Gasteiger partial charge is 0.457 e. The van der Waals surface area contributed by atoms with Gasteiger partial charge in [0.15, 0.2) is 5.82 Å². The zero-order valence-electron chi connectivity index (χ0n) is 17.2. The maximum atomic E-state index is 11.8. The van der Waals surface area contributed by atoms with Crippen molar-refractivity contribution in [3.8, 4) is 11.5 Å². The number of amides is 1. The molecule has 1 aromatic heterocycles. The average Bonchev–Trinajstić information content (AvgIpc) is 3.18. The number of nitrogens with one attached hydrogen (secondary N) is 1. The van der Waals surface area contributed by atoms with Crippen LogP contribution < -0.4 is 20.9 Å². The lowest BCUT2D eigenvalue weighted by Crippen LogP contribution is -2.41. The second kappa shape index (κ2) is 8.85. The Kier molecular flexibility index (Phi) is 5.81. The zero-order chi connectivity index (χ0) is 21.8. The van der Waals surface area contributed by atoms with Crippen LogP contribution in [0.3, 0.4) is 0 Å². The summed E-state index contributed by atoms with van der Waals surface area (Å²) >= 11 is 0. The van der Waals surface area contributed by atoms with Gasteiger partial charge in [-0.05, 0) is 35.9 Å². The van der Waals surface area contributed by atoms with E-state index in [9.17, 15) is 4.79 Å². The van der Waals surface area contributed by atoms with Crippen LogP contribution in [-0.4, -0.2) is 40.9 Å². The van der Waals surface area contributed by atoms with Crippen LogP contribution in [0.2, 0.25) is 0 Å². The Balaban J connectivity index is 1.53. The third kappa shape index (κ3) is 4.34. The van der Waals surface area contributed by atoms with Crippen LogP contribution in [0.5, 0.6) is 11.5 Å². The summed E-state index contributed by atoms with van der Waals surface area (Å²) in [4.78, 5) is 22.0. The van der Waals surface area contributed by atoms with Crippen LogP contribution in [0.15, 0.2) is 73.6 Å². The van der Waals surface area contributed by atoms with Gasteiger partial charge in [-0.3, -0.25) is 9.80 Å². The number of likely N-dealkylation sites (N-methyl/N-ethyl adjacent to an activating group) is 1. The lowest BCUT2D eigenvalue weighted by molar-refractivity contribution is -0.124. The highest BCUT2D eigenvalue weighted by atomic mass is 16.5. The first-order valence-corrected chi connectivity index (χ1v) is 9.91. The van der Waals surface area contributed by atoms with Crippen LogP contribution in [0, 0.1) is 0 Å². The number of nitrogens with zero attached hydrogens (tertiary/aromatic N) is 4. The molecule has 1 unspecified atom stereocenters. The van der Waals surface area contributed by atoms with Crippen molar-refractivity contribution in [2.24, 2.45) is 0 Å². The van der Waals surface area contributed by atoms with E-state index in [-0.39, 0.29) is 11.9 Å². The van der Waals surface area contributed by atoms with Gasteiger partial charge in [-0.25, -0.2) is 15.4 Å². The fourth-order valence-electron chi connectivity index (χ4n) is 3.45. The van der Waals surface area contributed by atoms with Gasteiger partial charge in [0, 0.05) is 13.6 Å². The van der Waals surface area contributed by atoms with Crippen LogP contribution in [-0.2, 0) is 4.79 Å². The minimum atomic E-state index is -0.206. The summed E-state index contributed by atoms with van der Waals surface area (Å²) < 4.78 is 5.88. The molecule has 0 saturated heterocycles. The average molecular weight is 416 g/mol. The monoisotopic (exact) mass is 416 g/mol. The smallest absolute Gasteiger partial charge is 0.245 e. The van der Waals surface area contributed by atoms with Crippen molar-refractivity contribution < 1.29 is 9.53 Å². The number of hydrazine groups is 1. The number of carbonyl (C=O) groups is 1. The highest BCUT2D eigenvalue weighted by Crippen LogP contribution is 2.38. The SMILES string of the molecule is C=CC(=O)N(C)CCN1NC(c2ccc(Oc3ccccc3)cc2)c2c(N)ncnc21. The van der Waals surface area contributed by atoms with E-state index in [2.05, 4.69) is 22.0 Å². The molecule has 1 aliphatic heterocycles. The van der Waals surface area contributed by atoms with Crippen molar-refractivity contribution in [1.29, 1.82) is 0 Å². The van der Waals surface area contributed by atoms with Crippen molar-refractivity contribution in [3.63, 3.8) is 0 Å². The molecular formula is C23H24N6O2. The van der Waals surface area contributed by atoms with Gasteiger partial charge in [0.2, 0.25) is 5.91 Å². The molecule has 1 atom stereocenters. The molecule has 158 valence electrons. The van der Waals surface area contributed by atoms with E-state index < -0.39 is 0 Å². The topological polar surface area (TPSA) is 96.6 Å². The molecule has 1 aliphatic rings. The lowest BCUT2D eigenvalue weighted by Gasteiger charge is -2.23. The number of para-hydroxylation sites is 1. The standard InChI is InChI=1S/C23H24N6O2/c1-3-19(30)28(2)13-14-29-23-20(22(24)25-15-26-23)21(27-29)16-9-11-18(12-10-16)31-17-7-5-4-6-8-17/h3-12,15,21,27H,1,13-14H2,2H3,(H2,24,25,26). The third-order valence-corrected chi connectivity index (χ3v) is 5.13. The van der Waals surface area contributed by atoms with Gasteiger partial charge in [0.25, 0.3) is 0 Å². The van der Waals surface area contributed by atoms with E-state index >= 15 is 0 Å². The van der Waals surface area contributed by atoms with Crippen LogP contribution in [0.1, 0.15) is 17.2 Å². The summed E-state index contributed by atoms with van der Waals surface area (Å²) in [6.07, 6.45) is 2.74. The van der Waals surface area contributed by atoms with E-state index in [4.69, 9.17) is 10.5 Å². The molecule has 0 fully saturated rings. The molecule has 0 radical (unpaired) electrons. The molecule has 0 bridgehead atoms. The molecule has 8 heteroatoms. The van der Waals surface area contributed by atoms with Gasteiger partial charge in [-0.2, -0.15) is 0 Å². The van der Waals surface area contributed by atoms with Gasteiger partial charge in [-0.15, -0.1) is 0 Å². The number of aromatic nitrogens is 2. The fourth-order valence-corrected chi connectivity index (χ4v) is 3.45. The number of hydrogen-bond donors (Lipinski definition) is 2. The van der Waals surface area contributed by atoms with Crippen molar-refractivity contribution in [2.45, 2.75) is 6.04 Å². The molecule has 31 heavy (non-hydrogen) atoms. The highest BCUT2D eigenvalue weighted by molar-refractivity contribution is 5.86. The number of benzene rings is 2. The Morgan fingerprint density at radius 2 is 1.90 bits per heavy atom. The van der Waals surface area contributed by atoms with Crippen LogP contribution in [0.25, 0.3) is 0 Å². The maximum Gasteiger partial charge on any atom is 0.245 e. The number of rotatable bonds is 7. The van der Waals surface area contributed by atoms with E-state index in [0.29, 0.717) is 24.7 Å². The molecule has 2 aromatic carbocycles. The summed E-state index contributed by atoms with van der Waals surface area (Å²) in [5.74, 6) is 2.52. The van der Waals surface area contributed by atoms with E-state index in [0.717, 1.165) is 22.6 Å². The van der Waals surface area contributed by atoms with Gasteiger partial charge >= 0.3 is 0 Å². The second-order valence-corrected chi connectivity index (χ2v) is 7.16. The van der Waals surface area contributed by atoms with E-state index in [1.165, 1.54) is 12.4 Å². The normalized spacial score (nSPS) is 14.7. The number of fused-ring (bicyclic) bond motifs is 1. The molecular weight excluding hydrogens is 392 g/mol. The third-order valence-electron chi connectivity index (χ3n) is 5.13. The van der Waals surface area contributed by atoms with E-state index in [1.54, 1.807) is 11.9 Å². The summed E-state index contributed by atoms with van der Waals surface area (Å²) in [7, 11) is 1.73. The predicted octanol–water partition coefficient (Wildman–Crippen LogP) is 2.91. The number of nitrogens with two attached hydrogens (primary N) is 1. The Morgan fingerprint density at radius 1 is 1.19 bits per heavy atom. The summed E-state index contributed by atoms with van der Waals surface area (Å²) in [6.45, 7) is 4.56. The van der Waals surface area contributed by atoms with Crippen LogP contribution in [0.4, 0.5) is 11.6 Å².